The first-order valence-electron chi connectivity index (χ1n) is 8.20. The Bertz CT molecular complexity index is 738. The number of aromatic nitrogens is 2. The van der Waals surface area contributed by atoms with Gasteiger partial charge in [-0.2, -0.15) is 0 Å². The number of thioether (sulfide) groups is 1. The number of primary amides is 1. The molecule has 0 aliphatic rings. The maximum atomic E-state index is 12.2. The largest absolute Gasteiger partial charge is 0.351 e. The van der Waals surface area contributed by atoms with Crippen molar-refractivity contribution in [1.82, 2.24) is 14.9 Å². The van der Waals surface area contributed by atoms with Crippen molar-refractivity contribution in [3.63, 3.8) is 0 Å². The van der Waals surface area contributed by atoms with Crippen LogP contribution in [0.5, 0.6) is 0 Å². The maximum absolute atomic E-state index is 12.2. The minimum absolute atomic E-state index is 0.0119. The van der Waals surface area contributed by atoms with Crippen LogP contribution < -0.4 is 11.1 Å². The van der Waals surface area contributed by atoms with Crippen molar-refractivity contribution in [2.75, 3.05) is 0 Å². The van der Waals surface area contributed by atoms with E-state index >= 15 is 0 Å². The smallest absolute Gasteiger partial charge is 0.318 e. The molecule has 0 saturated heterocycles. The van der Waals surface area contributed by atoms with E-state index in [0.717, 1.165) is 5.69 Å². The van der Waals surface area contributed by atoms with Crippen molar-refractivity contribution < 1.29 is 9.59 Å². The number of rotatable bonds is 6. The number of carbonyl (C=O) groups excluding carboxylic acids is 2. The summed E-state index contributed by atoms with van der Waals surface area (Å²) in [4.78, 5) is 27.6. The van der Waals surface area contributed by atoms with E-state index in [-0.39, 0.29) is 5.92 Å². The zero-order chi connectivity index (χ0) is 18.6. The lowest BCUT2D eigenvalue weighted by molar-refractivity contribution is -0.120. The molecule has 1 aromatic heterocycles. The highest BCUT2D eigenvalue weighted by Gasteiger charge is 2.26. The van der Waals surface area contributed by atoms with E-state index in [1.807, 2.05) is 36.7 Å². The minimum Gasteiger partial charge on any atom is -0.351 e. The summed E-state index contributed by atoms with van der Waals surface area (Å²) in [6.45, 7) is 8.14. The second-order valence-corrected chi connectivity index (χ2v) is 7.57. The Labute approximate surface area is 152 Å². The summed E-state index contributed by atoms with van der Waals surface area (Å²) in [5.74, 6) is 0.0727. The van der Waals surface area contributed by atoms with Crippen molar-refractivity contribution in [2.24, 2.45) is 11.7 Å². The number of nitrogens with zero attached hydrogens (tertiary/aromatic N) is 2. The normalized spacial score (nSPS) is 12.4. The SMILES string of the molecule is CC(C)c1ccc(-n2ccnc2S[C@H](C(=O)NC(N)=O)C(C)C)cc1. The summed E-state index contributed by atoms with van der Waals surface area (Å²) in [6, 6.07) is 7.41. The molecule has 2 aromatic rings. The van der Waals surface area contributed by atoms with Crippen molar-refractivity contribution in [3.8, 4) is 5.69 Å². The number of carbonyl (C=O) groups is 2. The first kappa shape index (κ1) is 19.1. The number of hydrogen-bond donors (Lipinski definition) is 2. The summed E-state index contributed by atoms with van der Waals surface area (Å²) >= 11 is 1.32. The van der Waals surface area contributed by atoms with Gasteiger partial charge < -0.3 is 5.73 Å². The molecular formula is C18H24N4O2S. The number of hydrogen-bond acceptors (Lipinski definition) is 4. The molecule has 6 nitrogen and oxygen atoms in total. The van der Waals surface area contributed by atoms with E-state index < -0.39 is 17.2 Å². The van der Waals surface area contributed by atoms with Gasteiger partial charge in [0.15, 0.2) is 5.16 Å². The Hall–Kier alpha value is -2.28. The van der Waals surface area contributed by atoms with Gasteiger partial charge in [0, 0.05) is 18.1 Å². The summed E-state index contributed by atoms with van der Waals surface area (Å²) < 4.78 is 1.93. The van der Waals surface area contributed by atoms with Crippen LogP contribution >= 0.6 is 11.8 Å². The second kappa shape index (κ2) is 8.20. The lowest BCUT2D eigenvalue weighted by Gasteiger charge is -2.19. The predicted octanol–water partition coefficient (Wildman–Crippen LogP) is 3.31. The third-order valence-corrected chi connectivity index (χ3v) is 5.31. The highest BCUT2D eigenvalue weighted by Crippen LogP contribution is 2.29. The van der Waals surface area contributed by atoms with Gasteiger partial charge in [-0.05, 0) is 29.5 Å². The highest BCUT2D eigenvalue weighted by atomic mass is 32.2. The van der Waals surface area contributed by atoms with Gasteiger partial charge in [0.1, 0.15) is 0 Å². The molecule has 1 atom stereocenters. The van der Waals surface area contributed by atoms with E-state index in [1.165, 1.54) is 17.3 Å². The van der Waals surface area contributed by atoms with Crippen LogP contribution in [0.4, 0.5) is 4.79 Å². The van der Waals surface area contributed by atoms with E-state index in [2.05, 4.69) is 36.3 Å². The number of imidazole rings is 1. The summed E-state index contributed by atoms with van der Waals surface area (Å²) in [6.07, 6.45) is 3.55. The Morgan fingerprint density at radius 2 is 1.80 bits per heavy atom. The van der Waals surface area contributed by atoms with Gasteiger partial charge in [0.2, 0.25) is 5.91 Å². The molecular weight excluding hydrogens is 336 g/mol. The molecule has 0 bridgehead atoms. The molecule has 134 valence electrons. The third-order valence-electron chi connectivity index (χ3n) is 3.79. The van der Waals surface area contributed by atoms with Gasteiger partial charge in [0.05, 0.1) is 5.25 Å². The van der Waals surface area contributed by atoms with Gasteiger partial charge in [-0.15, -0.1) is 0 Å². The quantitative estimate of drug-likeness (QED) is 0.773. The van der Waals surface area contributed by atoms with Crippen LogP contribution in [-0.2, 0) is 4.79 Å². The van der Waals surface area contributed by atoms with Crippen molar-refractivity contribution in [2.45, 2.75) is 44.0 Å². The minimum atomic E-state index is -0.844. The molecule has 7 heteroatoms. The van der Waals surface area contributed by atoms with Crippen molar-refractivity contribution in [3.05, 3.63) is 42.2 Å². The number of imide groups is 1. The molecule has 0 spiro atoms. The molecule has 3 amide bonds. The van der Waals surface area contributed by atoms with E-state index in [9.17, 15) is 9.59 Å². The fourth-order valence-electron chi connectivity index (χ4n) is 2.39. The number of benzene rings is 1. The fourth-order valence-corrected chi connectivity index (χ4v) is 3.46. The summed E-state index contributed by atoms with van der Waals surface area (Å²) in [5, 5.41) is 2.38. The average molecular weight is 360 g/mol. The van der Waals surface area contributed by atoms with E-state index in [1.54, 1.807) is 6.20 Å². The van der Waals surface area contributed by atoms with Gasteiger partial charge >= 0.3 is 6.03 Å². The highest BCUT2D eigenvalue weighted by molar-refractivity contribution is 8.00. The Morgan fingerprint density at radius 1 is 1.16 bits per heavy atom. The van der Waals surface area contributed by atoms with Crippen molar-refractivity contribution >= 4 is 23.7 Å². The van der Waals surface area contributed by atoms with Gasteiger partial charge in [-0.3, -0.25) is 14.7 Å². The molecule has 0 saturated carbocycles. The first-order chi connectivity index (χ1) is 11.8. The Morgan fingerprint density at radius 3 is 2.32 bits per heavy atom. The first-order valence-corrected chi connectivity index (χ1v) is 9.08. The lowest BCUT2D eigenvalue weighted by Crippen LogP contribution is -2.42. The monoisotopic (exact) mass is 360 g/mol. The van der Waals surface area contributed by atoms with E-state index in [0.29, 0.717) is 11.1 Å². The van der Waals surface area contributed by atoms with Crippen LogP contribution in [0.2, 0.25) is 0 Å². The number of nitrogens with two attached hydrogens (primary N) is 1. The standard InChI is InChI=1S/C18H24N4O2S/c1-11(2)13-5-7-14(8-6-13)22-10-9-20-18(22)25-15(12(3)4)16(23)21-17(19)24/h5-12,15H,1-4H3,(H3,19,21,23,24)/t15-/m0/s1. The molecule has 0 unspecified atom stereocenters. The lowest BCUT2D eigenvalue weighted by atomic mass is 10.0. The summed E-state index contributed by atoms with van der Waals surface area (Å²) in [7, 11) is 0. The Kier molecular flexibility index (Phi) is 6.25. The van der Waals surface area contributed by atoms with Crippen LogP contribution in [-0.4, -0.2) is 26.7 Å². The average Bonchev–Trinajstić information content (AvgIpc) is 2.99. The van der Waals surface area contributed by atoms with Gasteiger partial charge in [-0.1, -0.05) is 51.6 Å². The number of nitrogens with one attached hydrogen (secondary N) is 1. The molecule has 0 radical (unpaired) electrons. The molecule has 0 aliphatic heterocycles. The molecule has 3 N–H and O–H groups in total. The number of amides is 3. The van der Waals surface area contributed by atoms with Crippen LogP contribution in [0.25, 0.3) is 5.69 Å². The zero-order valence-corrected chi connectivity index (χ0v) is 15.7. The fraction of sp³-hybridized carbons (Fsp3) is 0.389. The van der Waals surface area contributed by atoms with Crippen LogP contribution in [0.3, 0.4) is 0 Å². The van der Waals surface area contributed by atoms with Crippen LogP contribution in [0.15, 0.2) is 41.8 Å². The second-order valence-electron chi connectivity index (χ2n) is 6.46. The topological polar surface area (TPSA) is 90.0 Å². The third kappa shape index (κ3) is 4.85. The Balaban J connectivity index is 2.24. The predicted molar refractivity (Wildman–Crippen MR) is 99.9 cm³/mol. The molecule has 0 fully saturated rings. The van der Waals surface area contributed by atoms with Crippen LogP contribution in [0.1, 0.15) is 39.2 Å². The number of urea groups is 1. The summed E-state index contributed by atoms with van der Waals surface area (Å²) in [5.41, 5.74) is 7.30. The molecule has 2 rings (SSSR count). The van der Waals surface area contributed by atoms with Crippen molar-refractivity contribution in [1.29, 1.82) is 0 Å². The zero-order valence-electron chi connectivity index (χ0n) is 14.9. The molecule has 1 heterocycles. The van der Waals surface area contributed by atoms with E-state index in [4.69, 9.17) is 5.73 Å². The molecule has 0 aliphatic carbocycles. The van der Waals surface area contributed by atoms with Gasteiger partial charge in [0.25, 0.3) is 0 Å². The maximum Gasteiger partial charge on any atom is 0.318 e. The van der Waals surface area contributed by atoms with Gasteiger partial charge in [-0.25, -0.2) is 9.78 Å². The molecule has 1 aromatic carbocycles. The van der Waals surface area contributed by atoms with Crippen LogP contribution in [0, 0.1) is 5.92 Å². The molecule has 25 heavy (non-hydrogen) atoms.